The van der Waals surface area contributed by atoms with Gasteiger partial charge in [-0.1, -0.05) is 11.6 Å². The molecule has 0 bridgehead atoms. The summed E-state index contributed by atoms with van der Waals surface area (Å²) in [6.45, 7) is 1.29. The summed E-state index contributed by atoms with van der Waals surface area (Å²) in [6, 6.07) is 2.45. The van der Waals surface area contributed by atoms with Gasteiger partial charge >= 0.3 is 0 Å². The van der Waals surface area contributed by atoms with E-state index in [4.69, 9.17) is 17.3 Å². The van der Waals surface area contributed by atoms with E-state index in [1.165, 1.54) is 13.0 Å². The van der Waals surface area contributed by atoms with Crippen LogP contribution < -0.4 is 5.73 Å². The lowest BCUT2D eigenvalue weighted by Crippen LogP contribution is -2.01. The minimum Gasteiger partial charge on any atom is -0.398 e. The summed E-state index contributed by atoms with van der Waals surface area (Å²) in [5.41, 5.74) is 5.67. The fourth-order valence-corrected chi connectivity index (χ4v) is 1.23. The predicted molar refractivity (Wildman–Crippen MR) is 45.8 cm³/mol. The molecular weight excluding hydrogens is 181 g/mol. The van der Waals surface area contributed by atoms with Crippen LogP contribution in [0.2, 0.25) is 5.02 Å². The number of rotatable bonds is 1. The van der Waals surface area contributed by atoms with Crippen molar-refractivity contribution in [2.24, 2.45) is 0 Å². The van der Waals surface area contributed by atoms with Gasteiger partial charge < -0.3 is 5.73 Å². The molecule has 0 saturated carbocycles. The molecule has 0 spiro atoms. The van der Waals surface area contributed by atoms with Gasteiger partial charge in [0.1, 0.15) is 5.82 Å². The molecule has 0 aromatic heterocycles. The van der Waals surface area contributed by atoms with Gasteiger partial charge in [0.2, 0.25) is 0 Å². The number of Topliss-reactive ketones (excluding diaryl/α,β-unsaturated/α-hetero) is 1. The van der Waals surface area contributed by atoms with Crippen molar-refractivity contribution in [3.8, 4) is 0 Å². The molecule has 0 fully saturated rings. The molecule has 0 aliphatic rings. The van der Waals surface area contributed by atoms with Crippen LogP contribution in [0.1, 0.15) is 17.3 Å². The molecule has 1 aromatic rings. The summed E-state index contributed by atoms with van der Waals surface area (Å²) in [5.74, 6) is -0.965. The Bertz CT molecular complexity index is 338. The maximum atomic E-state index is 12.8. The lowest BCUT2D eigenvalue weighted by Gasteiger charge is -2.04. The zero-order valence-corrected chi connectivity index (χ0v) is 7.15. The van der Waals surface area contributed by atoms with E-state index in [1.54, 1.807) is 0 Å². The number of nitrogens with two attached hydrogens (primary N) is 1. The van der Waals surface area contributed by atoms with Crippen LogP contribution in [0, 0.1) is 5.82 Å². The lowest BCUT2D eigenvalue weighted by atomic mass is 10.1. The smallest absolute Gasteiger partial charge is 0.163 e. The third kappa shape index (κ3) is 1.41. The van der Waals surface area contributed by atoms with Crippen LogP contribution in [-0.2, 0) is 0 Å². The first kappa shape index (κ1) is 9.00. The number of hydrogen-bond acceptors (Lipinski definition) is 2. The van der Waals surface area contributed by atoms with E-state index in [2.05, 4.69) is 0 Å². The second kappa shape index (κ2) is 3.11. The number of benzene rings is 1. The van der Waals surface area contributed by atoms with Crippen LogP contribution in [0.4, 0.5) is 10.1 Å². The highest BCUT2D eigenvalue weighted by Crippen LogP contribution is 2.25. The van der Waals surface area contributed by atoms with Gasteiger partial charge in [0.15, 0.2) is 5.78 Å². The van der Waals surface area contributed by atoms with E-state index in [0.717, 1.165) is 6.07 Å². The van der Waals surface area contributed by atoms with Crippen LogP contribution in [0.5, 0.6) is 0 Å². The largest absolute Gasteiger partial charge is 0.398 e. The molecular formula is C8H7ClFNO. The maximum absolute atomic E-state index is 12.8. The highest BCUT2D eigenvalue weighted by Gasteiger charge is 2.13. The lowest BCUT2D eigenvalue weighted by molar-refractivity contribution is 0.101. The van der Waals surface area contributed by atoms with Crippen molar-refractivity contribution in [2.75, 3.05) is 5.73 Å². The average molecular weight is 188 g/mol. The van der Waals surface area contributed by atoms with Crippen molar-refractivity contribution >= 4 is 23.1 Å². The molecule has 1 aromatic carbocycles. The molecule has 12 heavy (non-hydrogen) atoms. The SMILES string of the molecule is CC(=O)c1c(N)ccc(F)c1Cl. The van der Waals surface area contributed by atoms with Crippen molar-refractivity contribution in [1.82, 2.24) is 0 Å². The Hall–Kier alpha value is -1.09. The summed E-state index contributed by atoms with van der Waals surface area (Å²) in [4.78, 5) is 10.9. The first-order valence-electron chi connectivity index (χ1n) is 3.28. The van der Waals surface area contributed by atoms with Gasteiger partial charge in [-0.3, -0.25) is 4.79 Å². The van der Waals surface area contributed by atoms with Gasteiger partial charge in [-0.15, -0.1) is 0 Å². The number of nitrogen functional groups attached to an aromatic ring is 1. The fourth-order valence-electron chi connectivity index (χ4n) is 0.923. The van der Waals surface area contributed by atoms with Crippen LogP contribution in [0.15, 0.2) is 12.1 Å². The number of halogens is 2. The monoisotopic (exact) mass is 187 g/mol. The Kier molecular flexibility index (Phi) is 2.33. The standard InChI is InChI=1S/C8H7ClFNO/c1-4(12)7-6(11)3-2-5(10)8(7)9/h2-3H,11H2,1H3. The van der Waals surface area contributed by atoms with Crippen molar-refractivity contribution in [3.63, 3.8) is 0 Å². The number of ketones is 1. The zero-order chi connectivity index (χ0) is 9.30. The second-order valence-electron chi connectivity index (χ2n) is 2.38. The molecule has 1 rings (SSSR count). The van der Waals surface area contributed by atoms with Gasteiger partial charge in [-0.05, 0) is 19.1 Å². The number of carbonyl (C=O) groups excluding carboxylic acids is 1. The molecule has 0 atom stereocenters. The summed E-state index contributed by atoms with van der Waals surface area (Å²) in [6.07, 6.45) is 0. The normalized spacial score (nSPS) is 9.92. The van der Waals surface area contributed by atoms with Crippen molar-refractivity contribution < 1.29 is 9.18 Å². The Morgan fingerprint density at radius 3 is 2.58 bits per heavy atom. The van der Waals surface area contributed by atoms with E-state index < -0.39 is 5.82 Å². The van der Waals surface area contributed by atoms with E-state index >= 15 is 0 Å². The first-order valence-corrected chi connectivity index (χ1v) is 3.66. The molecule has 0 aliphatic carbocycles. The average Bonchev–Trinajstić information content (AvgIpc) is 1.97. The van der Waals surface area contributed by atoms with Crippen LogP contribution in [-0.4, -0.2) is 5.78 Å². The van der Waals surface area contributed by atoms with Gasteiger partial charge in [-0.2, -0.15) is 0 Å². The maximum Gasteiger partial charge on any atom is 0.163 e. The van der Waals surface area contributed by atoms with Crippen LogP contribution in [0.25, 0.3) is 0 Å². The molecule has 0 unspecified atom stereocenters. The topological polar surface area (TPSA) is 43.1 Å². The van der Waals surface area contributed by atoms with Gasteiger partial charge in [-0.25, -0.2) is 4.39 Å². The highest BCUT2D eigenvalue weighted by atomic mass is 35.5. The molecule has 0 amide bonds. The van der Waals surface area contributed by atoms with Gasteiger partial charge in [0, 0.05) is 5.69 Å². The van der Waals surface area contributed by atoms with E-state index in [9.17, 15) is 9.18 Å². The summed E-state index contributed by atoms with van der Waals surface area (Å²) in [7, 11) is 0. The molecule has 64 valence electrons. The van der Waals surface area contributed by atoms with Crippen LogP contribution in [0.3, 0.4) is 0 Å². The highest BCUT2D eigenvalue weighted by molar-refractivity contribution is 6.34. The predicted octanol–water partition coefficient (Wildman–Crippen LogP) is 2.26. The molecule has 0 saturated heterocycles. The number of carbonyl (C=O) groups is 1. The molecule has 0 radical (unpaired) electrons. The van der Waals surface area contributed by atoms with Crippen LogP contribution >= 0.6 is 11.6 Å². The summed E-state index contributed by atoms with van der Waals surface area (Å²) < 4.78 is 12.8. The summed E-state index contributed by atoms with van der Waals surface area (Å²) >= 11 is 5.52. The Morgan fingerprint density at radius 1 is 1.58 bits per heavy atom. The van der Waals surface area contributed by atoms with Crippen molar-refractivity contribution in [1.29, 1.82) is 0 Å². The quantitative estimate of drug-likeness (QED) is 0.541. The number of anilines is 1. The van der Waals surface area contributed by atoms with Gasteiger partial charge in [0.25, 0.3) is 0 Å². The minimum atomic E-state index is -0.629. The third-order valence-electron chi connectivity index (χ3n) is 1.48. The third-order valence-corrected chi connectivity index (χ3v) is 1.85. The second-order valence-corrected chi connectivity index (χ2v) is 2.76. The zero-order valence-electron chi connectivity index (χ0n) is 6.40. The Labute approximate surface area is 74.1 Å². The van der Waals surface area contributed by atoms with E-state index in [0.29, 0.717) is 0 Å². The van der Waals surface area contributed by atoms with Crippen molar-refractivity contribution in [3.05, 3.63) is 28.5 Å². The Balaban J connectivity index is 3.43. The molecule has 0 aliphatic heterocycles. The molecule has 2 N–H and O–H groups in total. The van der Waals surface area contributed by atoms with Gasteiger partial charge in [0.05, 0.1) is 10.6 Å². The van der Waals surface area contributed by atoms with Crippen molar-refractivity contribution in [2.45, 2.75) is 6.92 Å². The first-order chi connectivity index (χ1) is 5.54. The number of hydrogen-bond donors (Lipinski definition) is 1. The molecule has 2 nitrogen and oxygen atoms in total. The minimum absolute atomic E-state index is 0.0525. The fraction of sp³-hybridized carbons (Fsp3) is 0.125. The van der Waals surface area contributed by atoms with E-state index in [-0.39, 0.29) is 22.1 Å². The molecule has 4 heteroatoms. The van der Waals surface area contributed by atoms with E-state index in [1.807, 2.05) is 0 Å². The summed E-state index contributed by atoms with van der Waals surface area (Å²) in [5, 5.41) is -0.206. The Morgan fingerprint density at radius 2 is 2.17 bits per heavy atom. The molecule has 0 heterocycles.